The molecule has 0 radical (unpaired) electrons. The fraction of sp³-hybridized carbons (Fsp3) is 0.200. The van der Waals surface area contributed by atoms with E-state index in [1.54, 1.807) is 23.8 Å². The molecule has 0 spiro atoms. The van der Waals surface area contributed by atoms with Crippen molar-refractivity contribution in [3.8, 4) is 5.69 Å². The lowest BCUT2D eigenvalue weighted by molar-refractivity contribution is 0.617. The normalized spacial score (nSPS) is 11.2. The molecule has 0 amide bonds. The van der Waals surface area contributed by atoms with E-state index in [9.17, 15) is 4.39 Å². The molecule has 102 valence electrons. The first-order chi connectivity index (χ1) is 9.61. The van der Waals surface area contributed by atoms with Crippen LogP contribution in [-0.4, -0.2) is 14.5 Å². The number of rotatable bonds is 2. The zero-order chi connectivity index (χ0) is 14.3. The van der Waals surface area contributed by atoms with Crippen molar-refractivity contribution in [2.24, 2.45) is 0 Å². The summed E-state index contributed by atoms with van der Waals surface area (Å²) in [5.41, 5.74) is 3.81. The van der Waals surface area contributed by atoms with E-state index in [-0.39, 0.29) is 11.7 Å². The van der Waals surface area contributed by atoms with Gasteiger partial charge >= 0.3 is 0 Å². The van der Waals surface area contributed by atoms with Crippen LogP contribution in [0.3, 0.4) is 0 Å². The Morgan fingerprint density at radius 2 is 2.00 bits per heavy atom. The fourth-order valence-corrected chi connectivity index (χ4v) is 2.40. The van der Waals surface area contributed by atoms with Crippen LogP contribution in [-0.2, 0) is 5.88 Å². The van der Waals surface area contributed by atoms with Gasteiger partial charge in [0.25, 0.3) is 0 Å². The Labute approximate surface area is 121 Å². The summed E-state index contributed by atoms with van der Waals surface area (Å²) in [6.07, 6.45) is 1.72. The second kappa shape index (κ2) is 4.87. The molecule has 0 atom stereocenters. The van der Waals surface area contributed by atoms with Crippen LogP contribution in [0, 0.1) is 19.7 Å². The Morgan fingerprint density at radius 1 is 1.20 bits per heavy atom. The number of nitrogens with zero attached hydrogens (tertiary/aromatic N) is 3. The molecule has 0 fully saturated rings. The summed E-state index contributed by atoms with van der Waals surface area (Å²) < 4.78 is 15.6. The van der Waals surface area contributed by atoms with Gasteiger partial charge in [0.1, 0.15) is 17.2 Å². The zero-order valence-corrected chi connectivity index (χ0v) is 11.9. The van der Waals surface area contributed by atoms with Crippen molar-refractivity contribution < 1.29 is 4.39 Å². The Hall–Kier alpha value is -1.94. The Bertz CT molecular complexity index is 795. The van der Waals surface area contributed by atoms with Crippen LogP contribution >= 0.6 is 11.6 Å². The van der Waals surface area contributed by atoms with Crippen molar-refractivity contribution in [2.45, 2.75) is 19.7 Å². The molecule has 0 saturated heterocycles. The molecule has 0 unspecified atom stereocenters. The van der Waals surface area contributed by atoms with Gasteiger partial charge in [0.15, 0.2) is 5.65 Å². The van der Waals surface area contributed by atoms with Gasteiger partial charge in [-0.25, -0.2) is 14.4 Å². The summed E-state index contributed by atoms with van der Waals surface area (Å²) in [7, 11) is 0. The van der Waals surface area contributed by atoms with Gasteiger partial charge in [0, 0.05) is 6.20 Å². The number of imidazole rings is 1. The highest BCUT2D eigenvalue weighted by atomic mass is 35.5. The second-order valence-corrected chi connectivity index (χ2v) is 5.00. The molecule has 0 aliphatic heterocycles. The van der Waals surface area contributed by atoms with E-state index in [4.69, 9.17) is 11.6 Å². The average molecular weight is 290 g/mol. The first-order valence-corrected chi connectivity index (χ1v) is 6.80. The van der Waals surface area contributed by atoms with Crippen LogP contribution < -0.4 is 0 Å². The highest BCUT2D eigenvalue weighted by Crippen LogP contribution is 2.24. The van der Waals surface area contributed by atoms with Gasteiger partial charge in [-0.1, -0.05) is 6.07 Å². The van der Waals surface area contributed by atoms with Gasteiger partial charge < -0.3 is 0 Å². The number of halogens is 2. The highest BCUT2D eigenvalue weighted by molar-refractivity contribution is 6.17. The van der Waals surface area contributed by atoms with Gasteiger partial charge in [0.05, 0.1) is 11.6 Å². The lowest BCUT2D eigenvalue weighted by atomic mass is 10.2. The average Bonchev–Trinajstić information content (AvgIpc) is 2.82. The largest absolute Gasteiger partial charge is 0.280 e. The molecule has 0 aliphatic carbocycles. The number of fused-ring (bicyclic) bond motifs is 1. The summed E-state index contributed by atoms with van der Waals surface area (Å²) in [6, 6.07) is 6.97. The van der Waals surface area contributed by atoms with E-state index in [1.165, 1.54) is 6.07 Å². The van der Waals surface area contributed by atoms with Gasteiger partial charge in [-0.3, -0.25) is 4.57 Å². The number of aromatic nitrogens is 3. The van der Waals surface area contributed by atoms with E-state index < -0.39 is 0 Å². The first kappa shape index (κ1) is 13.1. The van der Waals surface area contributed by atoms with E-state index in [2.05, 4.69) is 9.97 Å². The van der Waals surface area contributed by atoms with Crippen molar-refractivity contribution in [3.63, 3.8) is 0 Å². The van der Waals surface area contributed by atoms with Gasteiger partial charge in [0.2, 0.25) is 0 Å². The minimum Gasteiger partial charge on any atom is -0.280 e. The number of benzene rings is 1. The third kappa shape index (κ3) is 1.96. The number of alkyl halides is 1. The third-order valence-electron chi connectivity index (χ3n) is 3.35. The molecular formula is C15H13ClFN3. The molecule has 0 aliphatic rings. The van der Waals surface area contributed by atoms with Crippen LogP contribution in [0.5, 0.6) is 0 Å². The quantitative estimate of drug-likeness (QED) is 0.670. The second-order valence-electron chi connectivity index (χ2n) is 4.73. The summed E-state index contributed by atoms with van der Waals surface area (Å²) >= 11 is 5.97. The van der Waals surface area contributed by atoms with Crippen molar-refractivity contribution in [1.29, 1.82) is 0 Å². The van der Waals surface area contributed by atoms with E-state index >= 15 is 0 Å². The van der Waals surface area contributed by atoms with E-state index in [0.717, 1.165) is 11.1 Å². The maximum Gasteiger partial charge on any atom is 0.164 e. The summed E-state index contributed by atoms with van der Waals surface area (Å²) in [5.74, 6) is 0.648. The van der Waals surface area contributed by atoms with Crippen LogP contribution in [0.2, 0.25) is 0 Å². The Balaban J connectivity index is 2.34. The van der Waals surface area contributed by atoms with Crippen molar-refractivity contribution in [3.05, 3.63) is 53.2 Å². The van der Waals surface area contributed by atoms with Crippen molar-refractivity contribution in [2.75, 3.05) is 0 Å². The van der Waals surface area contributed by atoms with Gasteiger partial charge in [-0.2, -0.15) is 0 Å². The zero-order valence-electron chi connectivity index (χ0n) is 11.2. The maximum atomic E-state index is 13.8. The molecular weight excluding hydrogens is 277 g/mol. The third-order valence-corrected chi connectivity index (χ3v) is 3.59. The molecule has 3 nitrogen and oxygen atoms in total. The lowest BCUT2D eigenvalue weighted by Crippen LogP contribution is -2.01. The van der Waals surface area contributed by atoms with Gasteiger partial charge in [-0.15, -0.1) is 11.6 Å². The smallest absolute Gasteiger partial charge is 0.164 e. The minimum absolute atomic E-state index is 0.241. The maximum absolute atomic E-state index is 13.8. The van der Waals surface area contributed by atoms with Crippen molar-refractivity contribution >= 4 is 22.8 Å². The number of pyridine rings is 1. The summed E-state index contributed by atoms with van der Waals surface area (Å²) in [5, 5.41) is 0. The number of hydrogen-bond acceptors (Lipinski definition) is 2. The summed E-state index contributed by atoms with van der Waals surface area (Å²) in [6.45, 7) is 3.70. The fourth-order valence-electron chi connectivity index (χ4n) is 2.22. The predicted octanol–water partition coefficient (Wildman–Crippen LogP) is 3.92. The van der Waals surface area contributed by atoms with Crippen molar-refractivity contribution in [1.82, 2.24) is 14.5 Å². The molecule has 3 rings (SSSR count). The SMILES string of the molecule is Cc1ccc(-n2c(CCl)nc3c(C)ccnc32)cc1F. The standard InChI is InChI=1S/C15H13ClFN3/c1-9-3-4-11(7-12(9)17)20-13(8-16)19-14-10(2)5-6-18-15(14)20/h3-7H,8H2,1-2H3. The highest BCUT2D eigenvalue weighted by Gasteiger charge is 2.15. The molecule has 2 aromatic heterocycles. The minimum atomic E-state index is -0.252. The van der Waals surface area contributed by atoms with Crippen LogP contribution in [0.4, 0.5) is 4.39 Å². The lowest BCUT2D eigenvalue weighted by Gasteiger charge is -2.08. The molecule has 0 N–H and O–H groups in total. The summed E-state index contributed by atoms with van der Waals surface area (Å²) in [4.78, 5) is 8.86. The molecule has 2 heterocycles. The van der Waals surface area contributed by atoms with E-state index in [0.29, 0.717) is 22.7 Å². The molecule has 3 aromatic rings. The molecule has 0 saturated carbocycles. The number of hydrogen-bond donors (Lipinski definition) is 0. The van der Waals surface area contributed by atoms with Crippen LogP contribution in [0.25, 0.3) is 16.9 Å². The molecule has 5 heteroatoms. The molecule has 0 bridgehead atoms. The van der Waals surface area contributed by atoms with E-state index in [1.807, 2.05) is 19.1 Å². The monoisotopic (exact) mass is 289 g/mol. The van der Waals surface area contributed by atoms with Crippen LogP contribution in [0.15, 0.2) is 30.5 Å². The number of aryl methyl sites for hydroxylation is 2. The first-order valence-electron chi connectivity index (χ1n) is 6.27. The molecule has 1 aromatic carbocycles. The predicted molar refractivity (Wildman–Crippen MR) is 77.9 cm³/mol. The Morgan fingerprint density at radius 3 is 2.70 bits per heavy atom. The molecule has 20 heavy (non-hydrogen) atoms. The Kier molecular flexibility index (Phi) is 3.18. The van der Waals surface area contributed by atoms with Crippen LogP contribution in [0.1, 0.15) is 17.0 Å². The topological polar surface area (TPSA) is 30.7 Å². The van der Waals surface area contributed by atoms with Gasteiger partial charge in [-0.05, 0) is 43.2 Å².